The largest absolute Gasteiger partial charge is 0.0606 e. The average molecular weight is 296 g/mol. The fourth-order valence-corrected chi connectivity index (χ4v) is 2.29. The lowest BCUT2D eigenvalue weighted by Crippen LogP contribution is -1.87. The van der Waals surface area contributed by atoms with Crippen LogP contribution in [-0.4, -0.2) is 0 Å². The standard InChI is InChI=1S/C13H13I/c1-9(2)11-7-6-10-4-3-5-13(14)12(10)8-11/h3-9H,1-2H3. The second-order valence-corrected chi connectivity index (χ2v) is 5.04. The molecule has 2 aromatic carbocycles. The summed E-state index contributed by atoms with van der Waals surface area (Å²) in [6, 6.07) is 13.2. The van der Waals surface area contributed by atoms with Gasteiger partial charge < -0.3 is 0 Å². The molecule has 0 fully saturated rings. The van der Waals surface area contributed by atoms with E-state index in [2.05, 4.69) is 72.8 Å². The zero-order chi connectivity index (χ0) is 10.1. The minimum absolute atomic E-state index is 0.607. The molecule has 72 valence electrons. The molecule has 0 aliphatic heterocycles. The van der Waals surface area contributed by atoms with Crippen molar-refractivity contribution in [3.63, 3.8) is 0 Å². The Bertz CT molecular complexity index is 458. The number of fused-ring (bicyclic) bond motifs is 1. The molecule has 2 rings (SSSR count). The van der Waals surface area contributed by atoms with Crippen LogP contribution in [0.2, 0.25) is 0 Å². The van der Waals surface area contributed by atoms with Crippen molar-refractivity contribution >= 4 is 33.4 Å². The molecule has 0 saturated carbocycles. The monoisotopic (exact) mass is 296 g/mol. The van der Waals surface area contributed by atoms with Crippen molar-refractivity contribution in [2.24, 2.45) is 0 Å². The molecule has 1 heteroatoms. The summed E-state index contributed by atoms with van der Waals surface area (Å²) in [4.78, 5) is 0. The van der Waals surface area contributed by atoms with Crippen LogP contribution in [0.3, 0.4) is 0 Å². The Labute approximate surface area is 98.5 Å². The van der Waals surface area contributed by atoms with Gasteiger partial charge in [0, 0.05) is 3.57 Å². The van der Waals surface area contributed by atoms with E-state index in [4.69, 9.17) is 0 Å². The van der Waals surface area contributed by atoms with Crippen molar-refractivity contribution < 1.29 is 0 Å². The molecule has 0 nitrogen and oxygen atoms in total. The van der Waals surface area contributed by atoms with Crippen LogP contribution in [0, 0.1) is 3.57 Å². The number of rotatable bonds is 1. The predicted octanol–water partition coefficient (Wildman–Crippen LogP) is 4.57. The van der Waals surface area contributed by atoms with Gasteiger partial charge in [-0.2, -0.15) is 0 Å². The zero-order valence-electron chi connectivity index (χ0n) is 8.42. The van der Waals surface area contributed by atoms with Crippen LogP contribution in [0.25, 0.3) is 10.8 Å². The van der Waals surface area contributed by atoms with Crippen LogP contribution < -0.4 is 0 Å². The molecule has 0 atom stereocenters. The predicted molar refractivity (Wildman–Crippen MR) is 70.8 cm³/mol. The molecule has 2 aromatic rings. The molecular weight excluding hydrogens is 283 g/mol. The Balaban J connectivity index is 2.70. The maximum atomic E-state index is 2.40. The van der Waals surface area contributed by atoms with Crippen LogP contribution in [0.5, 0.6) is 0 Å². The molecule has 0 saturated heterocycles. The lowest BCUT2D eigenvalue weighted by molar-refractivity contribution is 0.869. The Morgan fingerprint density at radius 1 is 1.07 bits per heavy atom. The molecule has 0 aromatic heterocycles. The summed E-state index contributed by atoms with van der Waals surface area (Å²) >= 11 is 2.40. The van der Waals surface area contributed by atoms with Gasteiger partial charge in [-0.05, 0) is 57.0 Å². The van der Waals surface area contributed by atoms with Crippen molar-refractivity contribution in [3.8, 4) is 0 Å². The number of hydrogen-bond acceptors (Lipinski definition) is 0. The van der Waals surface area contributed by atoms with Crippen molar-refractivity contribution in [1.29, 1.82) is 0 Å². The van der Waals surface area contributed by atoms with Crippen LogP contribution in [0.4, 0.5) is 0 Å². The zero-order valence-corrected chi connectivity index (χ0v) is 10.6. The molecule has 0 aliphatic rings. The highest BCUT2D eigenvalue weighted by Crippen LogP contribution is 2.24. The lowest BCUT2D eigenvalue weighted by atomic mass is 9.99. The van der Waals surface area contributed by atoms with E-state index in [0.29, 0.717) is 5.92 Å². The van der Waals surface area contributed by atoms with Crippen molar-refractivity contribution in [2.45, 2.75) is 19.8 Å². The van der Waals surface area contributed by atoms with Gasteiger partial charge in [-0.3, -0.25) is 0 Å². The normalized spacial score (nSPS) is 11.1. The van der Waals surface area contributed by atoms with Gasteiger partial charge >= 0.3 is 0 Å². The van der Waals surface area contributed by atoms with Crippen molar-refractivity contribution in [3.05, 3.63) is 45.5 Å². The Morgan fingerprint density at radius 3 is 2.57 bits per heavy atom. The number of benzene rings is 2. The van der Waals surface area contributed by atoms with Crippen molar-refractivity contribution in [1.82, 2.24) is 0 Å². The molecule has 0 radical (unpaired) electrons. The summed E-state index contributed by atoms with van der Waals surface area (Å²) in [6.07, 6.45) is 0. The second kappa shape index (κ2) is 3.89. The van der Waals surface area contributed by atoms with E-state index in [1.807, 2.05) is 0 Å². The summed E-state index contributed by atoms with van der Waals surface area (Å²) in [7, 11) is 0. The fourth-order valence-electron chi connectivity index (χ4n) is 1.61. The first-order chi connectivity index (χ1) is 6.68. The summed E-state index contributed by atoms with van der Waals surface area (Å²) in [6.45, 7) is 4.47. The fraction of sp³-hybridized carbons (Fsp3) is 0.231. The van der Waals surface area contributed by atoms with Gasteiger partial charge in [0.1, 0.15) is 0 Å². The summed E-state index contributed by atoms with van der Waals surface area (Å²) in [5.74, 6) is 0.607. The first-order valence-corrected chi connectivity index (χ1v) is 5.94. The summed E-state index contributed by atoms with van der Waals surface area (Å²) in [5.41, 5.74) is 1.42. The highest BCUT2D eigenvalue weighted by Gasteiger charge is 2.02. The molecule has 0 amide bonds. The Hall–Kier alpha value is -0.570. The quantitative estimate of drug-likeness (QED) is 0.676. The van der Waals surface area contributed by atoms with Gasteiger partial charge in [-0.25, -0.2) is 0 Å². The lowest BCUT2D eigenvalue weighted by Gasteiger charge is -2.07. The number of halogens is 1. The molecule has 0 aliphatic carbocycles. The molecule has 14 heavy (non-hydrogen) atoms. The van der Waals surface area contributed by atoms with E-state index in [1.165, 1.54) is 19.9 Å². The smallest absolute Gasteiger partial charge is 0.0208 e. The van der Waals surface area contributed by atoms with Crippen LogP contribution in [-0.2, 0) is 0 Å². The van der Waals surface area contributed by atoms with E-state index in [1.54, 1.807) is 0 Å². The van der Waals surface area contributed by atoms with Crippen LogP contribution in [0.1, 0.15) is 25.3 Å². The topological polar surface area (TPSA) is 0 Å². The van der Waals surface area contributed by atoms with E-state index in [-0.39, 0.29) is 0 Å². The van der Waals surface area contributed by atoms with Gasteiger partial charge in [0.25, 0.3) is 0 Å². The molecular formula is C13H13I. The highest BCUT2D eigenvalue weighted by molar-refractivity contribution is 14.1. The third kappa shape index (κ3) is 1.78. The Morgan fingerprint density at radius 2 is 1.86 bits per heavy atom. The third-order valence-electron chi connectivity index (χ3n) is 2.52. The molecule has 0 N–H and O–H groups in total. The van der Waals surface area contributed by atoms with Crippen LogP contribution >= 0.6 is 22.6 Å². The van der Waals surface area contributed by atoms with Gasteiger partial charge in [0.2, 0.25) is 0 Å². The van der Waals surface area contributed by atoms with Gasteiger partial charge in [0.05, 0.1) is 0 Å². The van der Waals surface area contributed by atoms with Crippen molar-refractivity contribution in [2.75, 3.05) is 0 Å². The summed E-state index contributed by atoms with van der Waals surface area (Å²) in [5, 5.41) is 2.71. The van der Waals surface area contributed by atoms with Gasteiger partial charge in [-0.1, -0.05) is 38.1 Å². The maximum Gasteiger partial charge on any atom is 0.0208 e. The minimum Gasteiger partial charge on any atom is -0.0606 e. The molecule has 0 heterocycles. The van der Waals surface area contributed by atoms with E-state index in [9.17, 15) is 0 Å². The first kappa shape index (κ1) is 9.97. The number of hydrogen-bond donors (Lipinski definition) is 0. The SMILES string of the molecule is CC(C)c1ccc2cccc(I)c2c1. The van der Waals surface area contributed by atoms with E-state index in [0.717, 1.165) is 0 Å². The first-order valence-electron chi connectivity index (χ1n) is 4.86. The van der Waals surface area contributed by atoms with Gasteiger partial charge in [-0.15, -0.1) is 0 Å². The third-order valence-corrected chi connectivity index (χ3v) is 3.46. The molecule has 0 bridgehead atoms. The van der Waals surface area contributed by atoms with E-state index >= 15 is 0 Å². The van der Waals surface area contributed by atoms with E-state index < -0.39 is 0 Å². The molecule has 0 unspecified atom stereocenters. The van der Waals surface area contributed by atoms with Gasteiger partial charge in [0.15, 0.2) is 0 Å². The second-order valence-electron chi connectivity index (χ2n) is 3.88. The minimum atomic E-state index is 0.607. The molecule has 0 spiro atoms. The highest BCUT2D eigenvalue weighted by atomic mass is 127. The summed E-state index contributed by atoms with van der Waals surface area (Å²) < 4.78 is 1.34. The van der Waals surface area contributed by atoms with Crippen LogP contribution in [0.15, 0.2) is 36.4 Å². The average Bonchev–Trinajstić information content (AvgIpc) is 2.18. The Kier molecular flexibility index (Phi) is 2.77. The maximum absolute atomic E-state index is 2.40.